The number of aliphatic carboxylic acids is 1. The Kier molecular flexibility index (Phi) is 11.9. The summed E-state index contributed by atoms with van der Waals surface area (Å²) in [5.74, 6) is -3.45. The zero-order valence-electron chi connectivity index (χ0n) is 26.1. The number of hydrogen-bond acceptors (Lipinski definition) is 7. The highest BCUT2D eigenvalue weighted by molar-refractivity contribution is 5.96. The van der Waals surface area contributed by atoms with Gasteiger partial charge in [-0.25, -0.2) is 4.79 Å². The number of hydrogen-bond donors (Lipinski definition) is 5. The van der Waals surface area contributed by atoms with E-state index < -0.39 is 47.9 Å². The van der Waals surface area contributed by atoms with Gasteiger partial charge in [0.25, 0.3) is 0 Å². The number of likely N-dealkylation sites (tertiary alicyclic amines) is 2. The maximum Gasteiger partial charge on any atom is 0.326 e. The zero-order valence-corrected chi connectivity index (χ0v) is 26.1. The van der Waals surface area contributed by atoms with Crippen LogP contribution < -0.4 is 21.3 Å². The number of amides is 5. The lowest BCUT2D eigenvalue weighted by molar-refractivity contribution is -0.145. The molecular weight excluding hydrogens is 580 g/mol. The highest BCUT2D eigenvalue weighted by Crippen LogP contribution is 2.21. The lowest BCUT2D eigenvalue weighted by Crippen LogP contribution is -2.57. The summed E-state index contributed by atoms with van der Waals surface area (Å²) >= 11 is 0. The quantitative estimate of drug-likeness (QED) is 0.206. The van der Waals surface area contributed by atoms with Gasteiger partial charge < -0.3 is 36.2 Å². The maximum absolute atomic E-state index is 13.8. The number of carboxylic acids is 1. The first kappa shape index (κ1) is 33.9. The third-order valence-corrected chi connectivity index (χ3v) is 9.18. The molecule has 3 aliphatic heterocycles. The fraction of sp³-hybridized carbons (Fsp3) is 0.625. The average Bonchev–Trinajstić information content (AvgIpc) is 3.84. The van der Waals surface area contributed by atoms with Gasteiger partial charge in [-0.15, -0.1) is 0 Å². The molecule has 0 aliphatic carbocycles. The summed E-state index contributed by atoms with van der Waals surface area (Å²) in [6, 6.07) is 5.49. The molecule has 6 atom stereocenters. The van der Waals surface area contributed by atoms with Gasteiger partial charge in [0.05, 0.1) is 12.6 Å². The third kappa shape index (κ3) is 8.59. The fourth-order valence-corrected chi connectivity index (χ4v) is 6.39. The first-order chi connectivity index (χ1) is 21.6. The van der Waals surface area contributed by atoms with Crippen molar-refractivity contribution in [2.24, 2.45) is 5.92 Å². The number of rotatable bonds is 13. The number of nitrogens with zero attached hydrogens (tertiary/aromatic N) is 2. The van der Waals surface area contributed by atoms with E-state index in [1.54, 1.807) is 6.92 Å². The van der Waals surface area contributed by atoms with Gasteiger partial charge >= 0.3 is 5.97 Å². The number of carbonyl (C=O) groups is 6. The number of benzene rings is 1. The van der Waals surface area contributed by atoms with Crippen molar-refractivity contribution >= 4 is 35.5 Å². The minimum absolute atomic E-state index is 0.240. The van der Waals surface area contributed by atoms with Crippen molar-refractivity contribution in [2.75, 3.05) is 26.2 Å². The Hall–Kier alpha value is -4.00. The summed E-state index contributed by atoms with van der Waals surface area (Å²) < 4.78 is 0. The molecule has 3 saturated heterocycles. The Labute approximate surface area is 263 Å². The van der Waals surface area contributed by atoms with E-state index in [0.29, 0.717) is 51.6 Å². The zero-order chi connectivity index (χ0) is 32.5. The summed E-state index contributed by atoms with van der Waals surface area (Å²) in [6.45, 7) is 4.64. The second kappa shape index (κ2) is 15.8. The number of carbonyl (C=O) groups excluding carboxylic acids is 5. The topological polar surface area (TPSA) is 177 Å². The van der Waals surface area contributed by atoms with E-state index in [9.17, 15) is 33.9 Å². The molecular formula is C32H46N6O7. The van der Waals surface area contributed by atoms with Crippen LogP contribution in [0.5, 0.6) is 0 Å². The SMILES string of the molecule is CC[C@H](C)[C@H](NC(=O)[C@@H]1CCCN1C(=O)CNC(=O)[C@@H]1CCCN1C(=O)[C@H](Cc1ccccc1)NC(=O)[C@@H]1CCCN1)C(=O)O. The van der Waals surface area contributed by atoms with Gasteiger partial charge in [-0.05, 0) is 56.6 Å². The Bertz CT molecular complexity index is 1240. The molecule has 5 amide bonds. The van der Waals surface area contributed by atoms with Gasteiger partial charge in [-0.2, -0.15) is 0 Å². The summed E-state index contributed by atoms with van der Waals surface area (Å²) in [5.41, 5.74) is 0.879. The lowest BCUT2D eigenvalue weighted by atomic mass is 9.99. The molecule has 13 heteroatoms. The first-order valence-electron chi connectivity index (χ1n) is 16.1. The van der Waals surface area contributed by atoms with Crippen molar-refractivity contribution in [1.29, 1.82) is 0 Å². The van der Waals surface area contributed by atoms with Crippen molar-refractivity contribution < 1.29 is 33.9 Å². The monoisotopic (exact) mass is 626 g/mol. The minimum Gasteiger partial charge on any atom is -0.480 e. The molecule has 0 bridgehead atoms. The Morgan fingerprint density at radius 2 is 1.56 bits per heavy atom. The predicted octanol–water partition coefficient (Wildman–Crippen LogP) is 0.180. The maximum atomic E-state index is 13.8. The normalized spacial score (nSPS) is 23.2. The summed E-state index contributed by atoms with van der Waals surface area (Å²) in [4.78, 5) is 80.8. The standard InChI is InChI=1S/C32H46N6O7/c1-3-20(2)27(32(44)45)36-30(42)25-14-8-16-37(25)26(39)19-34-29(41)24-13-9-17-38(24)31(43)23(18-21-10-5-4-6-11-21)35-28(40)22-12-7-15-33-22/h4-6,10-11,20,22-25,27,33H,3,7-9,12-19H2,1-2H3,(H,34,41)(H,35,40)(H,36,42)(H,44,45)/t20-,22-,23-,24-,25-,27-/m0/s1. The van der Waals surface area contributed by atoms with Gasteiger partial charge in [0.2, 0.25) is 29.5 Å². The van der Waals surface area contributed by atoms with E-state index in [-0.39, 0.29) is 36.7 Å². The van der Waals surface area contributed by atoms with E-state index in [2.05, 4.69) is 21.3 Å². The summed E-state index contributed by atoms with van der Waals surface area (Å²) in [5, 5.41) is 20.9. The highest BCUT2D eigenvalue weighted by Gasteiger charge is 2.40. The molecule has 246 valence electrons. The Morgan fingerprint density at radius 3 is 2.18 bits per heavy atom. The van der Waals surface area contributed by atoms with Crippen LogP contribution in [0.4, 0.5) is 0 Å². The second-order valence-corrected chi connectivity index (χ2v) is 12.3. The largest absolute Gasteiger partial charge is 0.480 e. The molecule has 0 radical (unpaired) electrons. The Balaban J connectivity index is 1.37. The van der Waals surface area contributed by atoms with Crippen molar-refractivity contribution in [1.82, 2.24) is 31.1 Å². The van der Waals surface area contributed by atoms with Crippen LogP contribution in [0, 0.1) is 5.92 Å². The molecule has 1 aromatic carbocycles. The molecule has 3 heterocycles. The number of carboxylic acid groups (broad SMARTS) is 1. The molecule has 45 heavy (non-hydrogen) atoms. The fourth-order valence-electron chi connectivity index (χ4n) is 6.39. The van der Waals surface area contributed by atoms with Crippen LogP contribution in [-0.4, -0.2) is 107 Å². The van der Waals surface area contributed by atoms with Crippen LogP contribution in [0.25, 0.3) is 0 Å². The number of nitrogens with one attached hydrogen (secondary N) is 4. The van der Waals surface area contributed by atoms with E-state index >= 15 is 0 Å². The van der Waals surface area contributed by atoms with Crippen molar-refractivity contribution in [3.05, 3.63) is 35.9 Å². The van der Waals surface area contributed by atoms with Gasteiger partial charge in [0.15, 0.2) is 0 Å². The van der Waals surface area contributed by atoms with Crippen LogP contribution in [0.2, 0.25) is 0 Å². The molecule has 0 spiro atoms. The average molecular weight is 627 g/mol. The third-order valence-electron chi connectivity index (χ3n) is 9.18. The molecule has 0 unspecified atom stereocenters. The molecule has 0 aromatic heterocycles. The molecule has 3 fully saturated rings. The summed E-state index contributed by atoms with van der Waals surface area (Å²) in [7, 11) is 0. The Morgan fingerprint density at radius 1 is 0.889 bits per heavy atom. The van der Waals surface area contributed by atoms with E-state index in [4.69, 9.17) is 0 Å². The molecule has 13 nitrogen and oxygen atoms in total. The summed E-state index contributed by atoms with van der Waals surface area (Å²) in [6.07, 6.45) is 4.41. The molecule has 4 rings (SSSR count). The van der Waals surface area contributed by atoms with E-state index in [1.807, 2.05) is 37.3 Å². The second-order valence-electron chi connectivity index (χ2n) is 12.3. The van der Waals surface area contributed by atoms with Crippen LogP contribution in [-0.2, 0) is 35.2 Å². The highest BCUT2D eigenvalue weighted by atomic mass is 16.4. The molecule has 5 N–H and O–H groups in total. The van der Waals surface area contributed by atoms with Gasteiger partial charge in [-0.3, -0.25) is 24.0 Å². The van der Waals surface area contributed by atoms with E-state index in [1.165, 1.54) is 9.80 Å². The molecule has 3 aliphatic rings. The first-order valence-corrected chi connectivity index (χ1v) is 16.1. The van der Waals surface area contributed by atoms with Gasteiger partial charge in [-0.1, -0.05) is 50.6 Å². The minimum atomic E-state index is -1.13. The van der Waals surface area contributed by atoms with Gasteiger partial charge in [0.1, 0.15) is 24.2 Å². The molecule has 1 aromatic rings. The van der Waals surface area contributed by atoms with Crippen LogP contribution >= 0.6 is 0 Å². The molecule has 0 saturated carbocycles. The predicted molar refractivity (Wildman–Crippen MR) is 165 cm³/mol. The van der Waals surface area contributed by atoms with Crippen molar-refractivity contribution in [3.63, 3.8) is 0 Å². The lowest BCUT2D eigenvalue weighted by Gasteiger charge is -2.30. The van der Waals surface area contributed by atoms with Crippen LogP contribution in [0.15, 0.2) is 30.3 Å². The van der Waals surface area contributed by atoms with Crippen molar-refractivity contribution in [3.8, 4) is 0 Å². The van der Waals surface area contributed by atoms with E-state index in [0.717, 1.165) is 18.5 Å². The van der Waals surface area contributed by atoms with Crippen molar-refractivity contribution in [2.45, 2.75) is 95.4 Å². The smallest absolute Gasteiger partial charge is 0.326 e. The van der Waals surface area contributed by atoms with Gasteiger partial charge in [0, 0.05) is 19.5 Å². The van der Waals surface area contributed by atoms with Crippen LogP contribution in [0.1, 0.15) is 64.4 Å². The van der Waals surface area contributed by atoms with Crippen LogP contribution in [0.3, 0.4) is 0 Å².